The fourth-order valence-corrected chi connectivity index (χ4v) is 3.69. The zero-order chi connectivity index (χ0) is 24.1. The number of primary amides is 1. The number of nitrogens with zero attached hydrogens (tertiary/aromatic N) is 7. The molecule has 0 spiro atoms. The zero-order valence-electron chi connectivity index (χ0n) is 18.0. The smallest absolute Gasteiger partial charge is 0.252 e. The molecule has 3 aromatic rings. The molecule has 0 bridgehead atoms. The molecule has 2 atom stereocenters. The molecule has 1 saturated heterocycles. The lowest BCUT2D eigenvalue weighted by Crippen LogP contribution is -2.48. The van der Waals surface area contributed by atoms with Crippen LogP contribution in [0.25, 0.3) is 0 Å². The van der Waals surface area contributed by atoms with Gasteiger partial charge in [-0.25, -0.2) is 19.3 Å². The zero-order valence-corrected chi connectivity index (χ0v) is 18.0. The van der Waals surface area contributed by atoms with E-state index in [1.807, 2.05) is 17.0 Å². The highest BCUT2D eigenvalue weighted by atomic mass is 19.1. The van der Waals surface area contributed by atoms with Gasteiger partial charge in [0, 0.05) is 31.3 Å². The number of pyridine rings is 2. The van der Waals surface area contributed by atoms with Crippen LogP contribution >= 0.6 is 0 Å². The predicted octanol–water partition coefficient (Wildman–Crippen LogP) is 1.73. The number of hydrogen-bond acceptors (Lipinski definition) is 9. The topological polar surface area (TPSA) is 158 Å². The largest absolute Gasteiger partial charge is 0.378 e. The fraction of sp³-hybridized carbons (Fsp3) is 0.261. The minimum Gasteiger partial charge on any atom is -0.378 e. The summed E-state index contributed by atoms with van der Waals surface area (Å²) in [6.45, 7) is 0.652. The molecule has 0 aliphatic carbocycles. The maximum absolute atomic E-state index is 15.1. The van der Waals surface area contributed by atoms with E-state index >= 15 is 4.39 Å². The van der Waals surface area contributed by atoms with Crippen LogP contribution in [0, 0.1) is 22.7 Å². The highest BCUT2D eigenvalue weighted by Crippen LogP contribution is 2.25. The molecule has 11 heteroatoms. The Kier molecular flexibility index (Phi) is 6.55. The number of rotatable bonds is 6. The number of halogens is 1. The number of anilines is 2. The summed E-state index contributed by atoms with van der Waals surface area (Å²) in [5.41, 5.74) is 7.41. The third-order valence-electron chi connectivity index (χ3n) is 5.48. The van der Waals surface area contributed by atoms with Crippen molar-refractivity contribution < 1.29 is 9.18 Å². The first-order valence-electron chi connectivity index (χ1n) is 10.5. The number of nitrogens with two attached hydrogens (primary N) is 1. The molecule has 1 fully saturated rings. The molecule has 4 rings (SSSR count). The SMILES string of the molecule is N#Cc1ccc(N2CC[C@@H](Nc3cc(Cc4ncc(C#N)cn4)ncc3C(N)=O)[C@@H](F)C2)nc1. The number of carbonyl (C=O) groups is 1. The van der Waals surface area contributed by atoms with Gasteiger partial charge in [0.1, 0.15) is 30.0 Å². The molecule has 0 aromatic carbocycles. The number of aromatic nitrogens is 4. The highest BCUT2D eigenvalue weighted by Gasteiger charge is 2.30. The molecule has 1 aliphatic heterocycles. The van der Waals surface area contributed by atoms with Crippen molar-refractivity contribution in [3.8, 4) is 12.1 Å². The first-order chi connectivity index (χ1) is 16.5. The van der Waals surface area contributed by atoms with E-state index in [2.05, 4.69) is 25.3 Å². The van der Waals surface area contributed by atoms with Gasteiger partial charge in [0.25, 0.3) is 5.91 Å². The van der Waals surface area contributed by atoms with Crippen LogP contribution in [0.4, 0.5) is 15.9 Å². The van der Waals surface area contributed by atoms with Crippen LogP contribution < -0.4 is 16.0 Å². The number of piperidine rings is 1. The average molecular weight is 457 g/mol. The van der Waals surface area contributed by atoms with Crippen molar-refractivity contribution >= 4 is 17.4 Å². The third-order valence-corrected chi connectivity index (χ3v) is 5.48. The number of carbonyl (C=O) groups excluding carboxylic acids is 1. The molecule has 3 N–H and O–H groups in total. The van der Waals surface area contributed by atoms with Crippen molar-refractivity contribution in [3.63, 3.8) is 0 Å². The van der Waals surface area contributed by atoms with Gasteiger partial charge in [-0.1, -0.05) is 0 Å². The van der Waals surface area contributed by atoms with Crippen LogP contribution in [-0.4, -0.2) is 51.1 Å². The second-order valence-electron chi connectivity index (χ2n) is 7.78. The summed E-state index contributed by atoms with van der Waals surface area (Å²) < 4.78 is 15.1. The Labute approximate surface area is 194 Å². The van der Waals surface area contributed by atoms with E-state index in [1.54, 1.807) is 18.2 Å². The normalized spacial score (nSPS) is 17.4. The van der Waals surface area contributed by atoms with Crippen LogP contribution in [-0.2, 0) is 6.42 Å². The molecule has 0 radical (unpaired) electrons. The first-order valence-corrected chi connectivity index (χ1v) is 10.5. The number of alkyl halides is 1. The van der Waals surface area contributed by atoms with Crippen LogP contribution in [0.1, 0.15) is 39.4 Å². The third kappa shape index (κ3) is 5.05. The van der Waals surface area contributed by atoms with Crippen molar-refractivity contribution in [2.45, 2.75) is 25.1 Å². The van der Waals surface area contributed by atoms with E-state index in [-0.39, 0.29) is 18.5 Å². The average Bonchev–Trinajstić information content (AvgIpc) is 2.86. The van der Waals surface area contributed by atoms with Crippen molar-refractivity contribution in [1.29, 1.82) is 10.5 Å². The Morgan fingerprint density at radius 1 is 1.12 bits per heavy atom. The predicted molar refractivity (Wildman–Crippen MR) is 120 cm³/mol. The summed E-state index contributed by atoms with van der Waals surface area (Å²) in [6.07, 6.45) is 5.13. The lowest BCUT2D eigenvalue weighted by Gasteiger charge is -2.36. The van der Waals surface area contributed by atoms with Crippen molar-refractivity contribution in [2.24, 2.45) is 5.73 Å². The molecular formula is C23H20FN9O. The molecule has 10 nitrogen and oxygen atoms in total. The number of nitriles is 2. The standard InChI is InChI=1S/C23H20FN9O/c24-18-13-33(22-2-1-14(7-25)9-31-22)4-3-19(18)32-20-5-16(28-12-17(20)23(27)34)6-21-29-10-15(8-26)11-30-21/h1-2,5,9-12,18-19H,3-4,6,13H2,(H2,27,34)(H,28,32)/t18-,19+/m0/s1. The van der Waals surface area contributed by atoms with E-state index in [0.717, 1.165) is 0 Å². The Bertz CT molecular complexity index is 1270. The molecule has 0 saturated carbocycles. The highest BCUT2D eigenvalue weighted by molar-refractivity contribution is 5.98. The van der Waals surface area contributed by atoms with Gasteiger partial charge in [0.2, 0.25) is 0 Å². The fourth-order valence-electron chi connectivity index (χ4n) is 3.69. The van der Waals surface area contributed by atoms with E-state index in [4.69, 9.17) is 16.3 Å². The molecule has 0 unspecified atom stereocenters. The van der Waals surface area contributed by atoms with Gasteiger partial charge in [0.15, 0.2) is 0 Å². The quantitative estimate of drug-likeness (QED) is 0.562. The summed E-state index contributed by atoms with van der Waals surface area (Å²) in [6, 6.07) is 8.41. The van der Waals surface area contributed by atoms with Crippen molar-refractivity contribution in [3.05, 3.63) is 71.2 Å². The summed E-state index contributed by atoms with van der Waals surface area (Å²) in [5.74, 6) is 0.383. The summed E-state index contributed by atoms with van der Waals surface area (Å²) in [4.78, 5) is 30.5. The maximum atomic E-state index is 15.1. The lowest BCUT2D eigenvalue weighted by atomic mass is 10.0. The van der Waals surface area contributed by atoms with Gasteiger partial charge in [-0.3, -0.25) is 9.78 Å². The monoisotopic (exact) mass is 457 g/mol. The van der Waals surface area contributed by atoms with Crippen molar-refractivity contribution in [2.75, 3.05) is 23.3 Å². The van der Waals surface area contributed by atoms with Gasteiger partial charge < -0.3 is 16.0 Å². The Morgan fingerprint density at radius 3 is 2.47 bits per heavy atom. The van der Waals surface area contributed by atoms with E-state index < -0.39 is 18.1 Å². The Morgan fingerprint density at radius 2 is 1.85 bits per heavy atom. The van der Waals surface area contributed by atoms with Gasteiger partial charge in [-0.15, -0.1) is 0 Å². The number of amides is 1. The van der Waals surface area contributed by atoms with Gasteiger partial charge in [-0.05, 0) is 24.6 Å². The Hall–Kier alpha value is -4.64. The molecule has 1 amide bonds. The molecular weight excluding hydrogens is 437 g/mol. The summed E-state index contributed by atoms with van der Waals surface area (Å²) in [5, 5.41) is 20.9. The molecule has 170 valence electrons. The minimum absolute atomic E-state index is 0.111. The molecule has 1 aliphatic rings. The van der Waals surface area contributed by atoms with Crippen LogP contribution in [0.15, 0.2) is 43.0 Å². The minimum atomic E-state index is -1.25. The molecule has 4 heterocycles. The van der Waals surface area contributed by atoms with Gasteiger partial charge >= 0.3 is 0 Å². The lowest BCUT2D eigenvalue weighted by molar-refractivity contribution is 0.100. The van der Waals surface area contributed by atoms with Crippen LogP contribution in [0.5, 0.6) is 0 Å². The first kappa shape index (κ1) is 22.6. The summed E-state index contributed by atoms with van der Waals surface area (Å²) >= 11 is 0. The van der Waals surface area contributed by atoms with Crippen molar-refractivity contribution in [1.82, 2.24) is 19.9 Å². The molecule has 34 heavy (non-hydrogen) atoms. The van der Waals surface area contributed by atoms with E-state index in [9.17, 15) is 4.79 Å². The van der Waals surface area contributed by atoms with Crippen LogP contribution in [0.3, 0.4) is 0 Å². The second-order valence-corrected chi connectivity index (χ2v) is 7.78. The van der Waals surface area contributed by atoms with Gasteiger partial charge in [-0.2, -0.15) is 10.5 Å². The van der Waals surface area contributed by atoms with Crippen LogP contribution in [0.2, 0.25) is 0 Å². The second kappa shape index (κ2) is 9.88. The molecule has 3 aromatic heterocycles. The Balaban J connectivity index is 1.48. The summed E-state index contributed by atoms with van der Waals surface area (Å²) in [7, 11) is 0. The van der Waals surface area contributed by atoms with E-state index in [1.165, 1.54) is 24.8 Å². The number of nitrogens with one attached hydrogen (secondary N) is 1. The number of hydrogen-bond donors (Lipinski definition) is 2. The van der Waals surface area contributed by atoms with Gasteiger partial charge in [0.05, 0.1) is 47.1 Å². The maximum Gasteiger partial charge on any atom is 0.252 e. The van der Waals surface area contributed by atoms with E-state index in [0.29, 0.717) is 47.1 Å².